The first kappa shape index (κ1) is 14.2. The van der Waals surface area contributed by atoms with Crippen molar-refractivity contribution in [3.8, 4) is 17.2 Å². The van der Waals surface area contributed by atoms with Gasteiger partial charge in [-0.3, -0.25) is 0 Å². The minimum Gasteiger partial charge on any atom is -0.502 e. The molecule has 21 heavy (non-hydrogen) atoms. The topological polar surface area (TPSA) is 68.2 Å². The van der Waals surface area contributed by atoms with Gasteiger partial charge < -0.3 is 24.4 Å². The molecule has 2 aliphatic heterocycles. The van der Waals surface area contributed by atoms with E-state index >= 15 is 0 Å². The minimum absolute atomic E-state index is 0.00894. The Morgan fingerprint density at radius 1 is 1.29 bits per heavy atom. The molecule has 2 bridgehead atoms. The van der Waals surface area contributed by atoms with E-state index < -0.39 is 5.60 Å². The normalized spacial score (nSPS) is 30.4. The van der Waals surface area contributed by atoms with E-state index in [1.54, 1.807) is 12.1 Å². The van der Waals surface area contributed by atoms with Gasteiger partial charge in [-0.15, -0.1) is 0 Å². The van der Waals surface area contributed by atoms with Gasteiger partial charge in [-0.2, -0.15) is 0 Å². The van der Waals surface area contributed by atoms with Crippen LogP contribution in [0.3, 0.4) is 0 Å². The van der Waals surface area contributed by atoms with Crippen molar-refractivity contribution in [2.24, 2.45) is 0 Å². The summed E-state index contributed by atoms with van der Waals surface area (Å²) in [7, 11) is 3.01. The number of hydrogen-bond acceptors (Lipinski definition) is 5. The quantitative estimate of drug-likeness (QED) is 0.831. The van der Waals surface area contributed by atoms with Crippen LogP contribution < -0.4 is 9.47 Å². The summed E-state index contributed by atoms with van der Waals surface area (Å²) in [5.74, 6) is 0.722. The van der Waals surface area contributed by atoms with Crippen LogP contribution in [0, 0.1) is 0 Å². The third-order valence-corrected chi connectivity index (χ3v) is 4.43. The largest absolute Gasteiger partial charge is 0.502 e. The van der Waals surface area contributed by atoms with Crippen LogP contribution in [-0.4, -0.2) is 42.7 Å². The summed E-state index contributed by atoms with van der Waals surface area (Å²) in [4.78, 5) is 0. The van der Waals surface area contributed by atoms with Crippen LogP contribution in [0.1, 0.15) is 24.3 Å². The third kappa shape index (κ3) is 2.17. The highest BCUT2D eigenvalue weighted by molar-refractivity contribution is 5.54. The average molecular weight is 292 g/mol. The van der Waals surface area contributed by atoms with Gasteiger partial charge in [0.25, 0.3) is 0 Å². The molecule has 2 N–H and O–H groups in total. The number of fused-ring (bicyclic) bond motifs is 2. The van der Waals surface area contributed by atoms with Gasteiger partial charge in [0.05, 0.1) is 26.9 Å². The van der Waals surface area contributed by atoms with Gasteiger partial charge in [-0.1, -0.05) is 12.2 Å². The van der Waals surface area contributed by atoms with E-state index in [9.17, 15) is 10.2 Å². The molecular weight excluding hydrogens is 272 g/mol. The summed E-state index contributed by atoms with van der Waals surface area (Å²) >= 11 is 0. The lowest BCUT2D eigenvalue weighted by molar-refractivity contribution is -0.0527. The fourth-order valence-corrected chi connectivity index (χ4v) is 3.36. The molecule has 1 fully saturated rings. The number of phenolic OH excluding ortho intramolecular Hbond substituents is 1. The number of rotatable bonds is 4. The highest BCUT2D eigenvalue weighted by atomic mass is 16.5. The van der Waals surface area contributed by atoms with Crippen molar-refractivity contribution in [3.63, 3.8) is 0 Å². The molecule has 0 amide bonds. The lowest BCUT2D eigenvalue weighted by Gasteiger charge is -2.32. The van der Waals surface area contributed by atoms with E-state index in [2.05, 4.69) is 6.08 Å². The van der Waals surface area contributed by atoms with E-state index in [1.165, 1.54) is 14.2 Å². The van der Waals surface area contributed by atoms with Crippen LogP contribution in [0.25, 0.3) is 0 Å². The van der Waals surface area contributed by atoms with Gasteiger partial charge in [0.2, 0.25) is 5.75 Å². The number of methoxy groups -OCH3 is 2. The van der Waals surface area contributed by atoms with E-state index in [0.29, 0.717) is 11.5 Å². The Balaban J connectivity index is 2.06. The maximum Gasteiger partial charge on any atom is 0.200 e. The number of aromatic hydroxyl groups is 1. The molecule has 0 saturated carbocycles. The average Bonchev–Trinajstić information content (AvgIpc) is 2.78. The lowest BCUT2D eigenvalue weighted by Crippen LogP contribution is -2.37. The summed E-state index contributed by atoms with van der Waals surface area (Å²) in [6, 6.07) is 3.58. The summed E-state index contributed by atoms with van der Waals surface area (Å²) in [5.41, 5.74) is 0.250. The smallest absolute Gasteiger partial charge is 0.200 e. The highest BCUT2D eigenvalue weighted by Crippen LogP contribution is 2.50. The van der Waals surface area contributed by atoms with Crippen LogP contribution in [-0.2, 0) is 4.74 Å². The zero-order valence-electron chi connectivity index (χ0n) is 12.2. The van der Waals surface area contributed by atoms with E-state index in [1.807, 2.05) is 6.08 Å². The monoisotopic (exact) mass is 292 g/mol. The molecule has 2 heterocycles. The van der Waals surface area contributed by atoms with Gasteiger partial charge in [0.1, 0.15) is 5.60 Å². The van der Waals surface area contributed by atoms with Crippen molar-refractivity contribution in [2.75, 3.05) is 20.8 Å². The second-order valence-electron chi connectivity index (χ2n) is 5.55. The van der Waals surface area contributed by atoms with Crippen molar-refractivity contribution < 1.29 is 24.4 Å². The number of phenols is 1. The first-order chi connectivity index (χ1) is 10.1. The van der Waals surface area contributed by atoms with E-state index in [-0.39, 0.29) is 24.4 Å². The Labute approximate surface area is 123 Å². The minimum atomic E-state index is -0.685. The van der Waals surface area contributed by atoms with Gasteiger partial charge in [0, 0.05) is 5.92 Å². The molecule has 5 nitrogen and oxygen atoms in total. The summed E-state index contributed by atoms with van der Waals surface area (Å²) < 4.78 is 16.4. The molecule has 1 aromatic carbocycles. The molecule has 2 aliphatic rings. The van der Waals surface area contributed by atoms with Crippen LogP contribution in [0.5, 0.6) is 17.2 Å². The molecule has 0 aromatic heterocycles. The number of aliphatic hydroxyl groups is 1. The molecule has 1 saturated heterocycles. The fourth-order valence-electron chi connectivity index (χ4n) is 3.36. The zero-order valence-corrected chi connectivity index (χ0v) is 12.2. The van der Waals surface area contributed by atoms with Crippen molar-refractivity contribution >= 4 is 0 Å². The van der Waals surface area contributed by atoms with Crippen LogP contribution in [0.15, 0.2) is 24.3 Å². The van der Waals surface area contributed by atoms with E-state index in [4.69, 9.17) is 14.2 Å². The SMILES string of the molecule is COc1cc([C@@H]2C[C@@H]3CC=C[C@@]2(CO)O3)cc(OC)c1O. The lowest BCUT2D eigenvalue weighted by atomic mass is 9.82. The standard InChI is InChI=1S/C16H20O5/c1-19-13-6-10(7-14(20-2)15(13)18)12-8-11-4-3-5-16(12,9-17)21-11/h3,5-7,11-12,17-18H,4,8-9H2,1-2H3/t11-,12-,16-/m0/s1. The molecule has 0 aliphatic carbocycles. The fraction of sp³-hybridized carbons (Fsp3) is 0.500. The highest BCUT2D eigenvalue weighted by Gasteiger charge is 2.49. The van der Waals surface area contributed by atoms with Crippen LogP contribution in [0.4, 0.5) is 0 Å². The van der Waals surface area contributed by atoms with Gasteiger partial charge in [0.15, 0.2) is 11.5 Å². The zero-order chi connectivity index (χ0) is 15.0. The summed E-state index contributed by atoms with van der Waals surface area (Å²) in [6.45, 7) is -0.0732. The Kier molecular flexibility index (Phi) is 3.55. The first-order valence-corrected chi connectivity index (χ1v) is 7.05. The first-order valence-electron chi connectivity index (χ1n) is 7.05. The Hall–Kier alpha value is -1.72. The Bertz CT molecular complexity index is 543. The van der Waals surface area contributed by atoms with Crippen molar-refractivity contribution in [1.29, 1.82) is 0 Å². The number of ether oxygens (including phenoxy) is 3. The predicted molar refractivity (Wildman–Crippen MR) is 77.0 cm³/mol. The van der Waals surface area contributed by atoms with Gasteiger partial charge >= 0.3 is 0 Å². The molecule has 5 heteroatoms. The Morgan fingerprint density at radius 2 is 1.95 bits per heavy atom. The van der Waals surface area contributed by atoms with Crippen molar-refractivity contribution in [1.82, 2.24) is 0 Å². The van der Waals surface area contributed by atoms with E-state index in [0.717, 1.165) is 18.4 Å². The maximum atomic E-state index is 10.0. The molecule has 3 rings (SSSR count). The summed E-state index contributed by atoms with van der Waals surface area (Å²) in [6.07, 6.45) is 5.83. The van der Waals surface area contributed by atoms with Crippen LogP contribution in [0.2, 0.25) is 0 Å². The number of hydrogen-bond donors (Lipinski definition) is 2. The maximum absolute atomic E-state index is 10.0. The van der Waals surface area contributed by atoms with Crippen molar-refractivity contribution in [3.05, 3.63) is 29.8 Å². The predicted octanol–water partition coefficient (Wildman–Crippen LogP) is 1.97. The molecule has 1 aromatic rings. The Morgan fingerprint density at radius 3 is 2.52 bits per heavy atom. The van der Waals surface area contributed by atoms with Gasteiger partial charge in [-0.25, -0.2) is 0 Å². The third-order valence-electron chi connectivity index (χ3n) is 4.43. The molecule has 0 unspecified atom stereocenters. The molecule has 3 atom stereocenters. The molecule has 0 radical (unpaired) electrons. The van der Waals surface area contributed by atoms with Crippen molar-refractivity contribution in [2.45, 2.75) is 30.5 Å². The number of benzene rings is 1. The summed E-state index contributed by atoms with van der Waals surface area (Å²) in [5, 5.41) is 19.8. The molecule has 0 spiro atoms. The number of aliphatic hydroxyl groups excluding tert-OH is 1. The van der Waals surface area contributed by atoms with Crippen LogP contribution >= 0.6 is 0 Å². The van der Waals surface area contributed by atoms with Gasteiger partial charge in [-0.05, 0) is 30.5 Å². The molecule has 114 valence electrons. The second kappa shape index (κ2) is 5.24. The second-order valence-corrected chi connectivity index (χ2v) is 5.55. The molecular formula is C16H20O5.